The molecule has 2 N–H and O–H groups in total. The maximum Gasteiger partial charge on any atom is 0.241 e. The fourth-order valence-electron chi connectivity index (χ4n) is 1.21. The normalized spacial score (nSPS) is 12.5. The van der Waals surface area contributed by atoms with Gasteiger partial charge >= 0.3 is 0 Å². The molecule has 0 heterocycles. The van der Waals surface area contributed by atoms with Crippen LogP contribution in [-0.2, 0) is 10.0 Å². The molecule has 0 radical (unpaired) electrons. The Morgan fingerprint density at radius 3 is 2.24 bits per heavy atom. The van der Waals surface area contributed by atoms with Crippen molar-refractivity contribution in [2.45, 2.75) is 24.3 Å². The molecule has 0 fully saturated rings. The van der Waals surface area contributed by atoms with E-state index in [0.717, 1.165) is 0 Å². The van der Waals surface area contributed by atoms with E-state index in [1.54, 1.807) is 26.0 Å². The van der Waals surface area contributed by atoms with Crippen molar-refractivity contribution in [3.8, 4) is 5.75 Å². The van der Waals surface area contributed by atoms with Crippen molar-refractivity contribution in [3.05, 3.63) is 24.3 Å². The third-order valence-corrected chi connectivity index (χ3v) is 3.89. The van der Waals surface area contributed by atoms with Crippen LogP contribution in [0.3, 0.4) is 0 Å². The van der Waals surface area contributed by atoms with Crippen LogP contribution in [0.5, 0.6) is 5.75 Å². The molecule has 0 atom stereocenters. The average Bonchev–Trinajstić information content (AvgIpc) is 2.28. The van der Waals surface area contributed by atoms with E-state index in [9.17, 15) is 8.42 Å². The topological polar surface area (TPSA) is 75.6 Å². The minimum Gasteiger partial charge on any atom is -0.497 e. The number of aliphatic hydroxyl groups is 1. The second-order valence-corrected chi connectivity index (χ2v) is 6.01. The van der Waals surface area contributed by atoms with Gasteiger partial charge in [0, 0.05) is 0 Å². The number of sulfonamides is 1. The molecule has 0 bridgehead atoms. The first-order valence-corrected chi connectivity index (χ1v) is 6.58. The summed E-state index contributed by atoms with van der Waals surface area (Å²) in [4.78, 5) is 0.139. The predicted molar refractivity (Wildman–Crippen MR) is 64.5 cm³/mol. The van der Waals surface area contributed by atoms with Gasteiger partial charge in [0.15, 0.2) is 0 Å². The summed E-state index contributed by atoms with van der Waals surface area (Å²) >= 11 is 0. The fraction of sp³-hybridized carbons (Fsp3) is 0.455. The van der Waals surface area contributed by atoms with Gasteiger partial charge in [-0.3, -0.25) is 0 Å². The van der Waals surface area contributed by atoms with Crippen LogP contribution in [0.4, 0.5) is 0 Å². The van der Waals surface area contributed by atoms with Gasteiger partial charge in [0.2, 0.25) is 10.0 Å². The number of hydrogen-bond donors (Lipinski definition) is 2. The maximum atomic E-state index is 11.9. The standard InChI is InChI=1S/C11H17NO4S/c1-11(2,8-13)12-17(14,15)10-6-4-9(16-3)5-7-10/h4-7,12-13H,8H2,1-3H3. The monoisotopic (exact) mass is 259 g/mol. The molecule has 0 aliphatic heterocycles. The summed E-state index contributed by atoms with van der Waals surface area (Å²) in [6.45, 7) is 2.94. The lowest BCUT2D eigenvalue weighted by molar-refractivity contribution is 0.208. The minimum atomic E-state index is -3.62. The summed E-state index contributed by atoms with van der Waals surface area (Å²) < 4.78 is 31.3. The lowest BCUT2D eigenvalue weighted by Crippen LogP contribution is -2.46. The Labute approximate surface area is 101 Å². The van der Waals surface area contributed by atoms with Gasteiger partial charge in [0.25, 0.3) is 0 Å². The molecule has 6 heteroatoms. The van der Waals surface area contributed by atoms with Crippen LogP contribution in [0.2, 0.25) is 0 Å². The molecule has 1 aromatic carbocycles. The number of rotatable bonds is 5. The predicted octanol–water partition coefficient (Wildman–Crippen LogP) is 0.744. The average molecular weight is 259 g/mol. The van der Waals surface area contributed by atoms with E-state index < -0.39 is 15.6 Å². The molecule has 5 nitrogen and oxygen atoms in total. The molecule has 0 spiro atoms. The second-order valence-electron chi connectivity index (χ2n) is 4.32. The Bertz CT molecular complexity index is 465. The highest BCUT2D eigenvalue weighted by molar-refractivity contribution is 7.89. The Morgan fingerprint density at radius 1 is 1.29 bits per heavy atom. The lowest BCUT2D eigenvalue weighted by Gasteiger charge is -2.23. The molecule has 17 heavy (non-hydrogen) atoms. The molecular weight excluding hydrogens is 242 g/mol. The number of hydrogen-bond acceptors (Lipinski definition) is 4. The first-order valence-electron chi connectivity index (χ1n) is 5.10. The molecule has 0 aliphatic carbocycles. The van der Waals surface area contributed by atoms with Gasteiger partial charge in [0.1, 0.15) is 5.75 Å². The van der Waals surface area contributed by atoms with Crippen LogP contribution in [0, 0.1) is 0 Å². The molecule has 0 amide bonds. The molecule has 1 aromatic rings. The zero-order chi connectivity index (χ0) is 13.1. The quantitative estimate of drug-likeness (QED) is 0.818. The van der Waals surface area contributed by atoms with Gasteiger partial charge in [-0.05, 0) is 38.1 Å². The summed E-state index contributed by atoms with van der Waals surface area (Å²) in [6.07, 6.45) is 0. The van der Waals surface area contributed by atoms with Crippen LogP contribution in [-0.4, -0.2) is 32.8 Å². The fourth-order valence-corrected chi connectivity index (χ4v) is 2.61. The summed E-state index contributed by atoms with van der Waals surface area (Å²) in [5, 5.41) is 9.04. The lowest BCUT2D eigenvalue weighted by atomic mass is 10.1. The van der Waals surface area contributed by atoms with Gasteiger partial charge in [0.05, 0.1) is 24.2 Å². The van der Waals surface area contributed by atoms with Gasteiger partial charge in [-0.25, -0.2) is 13.1 Å². The van der Waals surface area contributed by atoms with Crippen molar-refractivity contribution in [3.63, 3.8) is 0 Å². The third kappa shape index (κ3) is 3.69. The number of aliphatic hydroxyl groups excluding tert-OH is 1. The van der Waals surface area contributed by atoms with Gasteiger partial charge in [-0.1, -0.05) is 0 Å². The zero-order valence-corrected chi connectivity index (χ0v) is 10.9. The molecule has 0 aliphatic rings. The van der Waals surface area contributed by atoms with E-state index >= 15 is 0 Å². The molecule has 96 valence electrons. The van der Waals surface area contributed by atoms with Crippen molar-refractivity contribution in [2.24, 2.45) is 0 Å². The van der Waals surface area contributed by atoms with E-state index in [1.165, 1.54) is 19.2 Å². The van der Waals surface area contributed by atoms with E-state index in [-0.39, 0.29) is 11.5 Å². The highest BCUT2D eigenvalue weighted by Gasteiger charge is 2.25. The highest BCUT2D eigenvalue weighted by Crippen LogP contribution is 2.17. The molecule has 0 saturated carbocycles. The Kier molecular flexibility index (Phi) is 4.13. The molecule has 1 rings (SSSR count). The number of ether oxygens (including phenoxy) is 1. The molecular formula is C11H17NO4S. The number of benzene rings is 1. The number of nitrogens with one attached hydrogen (secondary N) is 1. The van der Waals surface area contributed by atoms with Crippen molar-refractivity contribution >= 4 is 10.0 Å². The van der Waals surface area contributed by atoms with E-state index in [2.05, 4.69) is 4.72 Å². The second kappa shape index (κ2) is 5.03. The van der Waals surface area contributed by atoms with Gasteiger partial charge in [-0.2, -0.15) is 0 Å². The summed E-state index contributed by atoms with van der Waals surface area (Å²) in [7, 11) is -2.11. The van der Waals surface area contributed by atoms with Crippen molar-refractivity contribution in [1.82, 2.24) is 4.72 Å². The maximum absolute atomic E-state index is 11.9. The van der Waals surface area contributed by atoms with E-state index in [4.69, 9.17) is 9.84 Å². The van der Waals surface area contributed by atoms with Crippen LogP contribution in [0.1, 0.15) is 13.8 Å². The van der Waals surface area contributed by atoms with Crippen molar-refractivity contribution < 1.29 is 18.3 Å². The zero-order valence-electron chi connectivity index (χ0n) is 10.1. The Morgan fingerprint density at radius 2 is 1.82 bits per heavy atom. The number of methoxy groups -OCH3 is 1. The molecule has 0 aromatic heterocycles. The van der Waals surface area contributed by atoms with Gasteiger partial charge in [-0.15, -0.1) is 0 Å². The molecule has 0 saturated heterocycles. The van der Waals surface area contributed by atoms with E-state index in [0.29, 0.717) is 5.75 Å². The summed E-state index contributed by atoms with van der Waals surface area (Å²) in [5.41, 5.74) is -0.890. The first kappa shape index (κ1) is 14.0. The minimum absolute atomic E-state index is 0.139. The Hall–Kier alpha value is -1.11. The highest BCUT2D eigenvalue weighted by atomic mass is 32.2. The Balaban J connectivity index is 2.97. The van der Waals surface area contributed by atoms with Crippen LogP contribution < -0.4 is 9.46 Å². The SMILES string of the molecule is COc1ccc(S(=O)(=O)NC(C)(C)CO)cc1. The smallest absolute Gasteiger partial charge is 0.241 e. The van der Waals surface area contributed by atoms with Crippen LogP contribution in [0.25, 0.3) is 0 Å². The summed E-state index contributed by atoms with van der Waals surface area (Å²) in [5.74, 6) is 0.588. The molecule has 0 unspecified atom stereocenters. The van der Waals surface area contributed by atoms with Crippen molar-refractivity contribution in [1.29, 1.82) is 0 Å². The van der Waals surface area contributed by atoms with E-state index in [1.807, 2.05) is 0 Å². The van der Waals surface area contributed by atoms with Crippen molar-refractivity contribution in [2.75, 3.05) is 13.7 Å². The summed E-state index contributed by atoms with van der Waals surface area (Å²) in [6, 6.07) is 6.05. The first-order chi connectivity index (χ1) is 7.80. The largest absolute Gasteiger partial charge is 0.497 e. The van der Waals surface area contributed by atoms with Crippen LogP contribution in [0.15, 0.2) is 29.2 Å². The van der Waals surface area contributed by atoms with Crippen LogP contribution >= 0.6 is 0 Å². The third-order valence-electron chi connectivity index (χ3n) is 2.18. The van der Waals surface area contributed by atoms with Gasteiger partial charge < -0.3 is 9.84 Å².